The van der Waals surface area contributed by atoms with Crippen LogP contribution in [-0.2, 0) is 6.54 Å². The predicted molar refractivity (Wildman–Crippen MR) is 90.6 cm³/mol. The number of nitrogens with one attached hydrogen (secondary N) is 2. The first kappa shape index (κ1) is 16.6. The third kappa shape index (κ3) is 3.79. The number of hydrogen-bond donors (Lipinski definition) is 2. The number of thioether (sulfide) groups is 1. The lowest BCUT2D eigenvalue weighted by atomic mass is 10.0. The van der Waals surface area contributed by atoms with E-state index in [1.165, 1.54) is 19.2 Å². The van der Waals surface area contributed by atoms with Crippen LogP contribution >= 0.6 is 11.8 Å². The van der Waals surface area contributed by atoms with E-state index in [-0.39, 0.29) is 17.9 Å². The Morgan fingerprint density at radius 2 is 2.33 bits per heavy atom. The van der Waals surface area contributed by atoms with Gasteiger partial charge in [0, 0.05) is 29.0 Å². The Morgan fingerprint density at radius 1 is 1.46 bits per heavy atom. The van der Waals surface area contributed by atoms with E-state index in [0.29, 0.717) is 12.4 Å². The smallest absolute Gasteiger partial charge is 0.315 e. The zero-order valence-corrected chi connectivity index (χ0v) is 14.0. The van der Waals surface area contributed by atoms with Gasteiger partial charge >= 0.3 is 6.03 Å². The zero-order chi connectivity index (χ0) is 16.9. The lowest BCUT2D eigenvalue weighted by Crippen LogP contribution is -2.38. The fourth-order valence-corrected chi connectivity index (χ4v) is 3.75. The topological polar surface area (TPSA) is 63.2 Å². The molecule has 1 atom stereocenters. The van der Waals surface area contributed by atoms with Gasteiger partial charge in [-0.3, -0.25) is 0 Å². The quantitative estimate of drug-likeness (QED) is 0.891. The summed E-state index contributed by atoms with van der Waals surface area (Å²) in [5.41, 5.74) is 1.63. The molecule has 126 valence electrons. The van der Waals surface area contributed by atoms with Crippen molar-refractivity contribution in [3.05, 3.63) is 53.5 Å². The van der Waals surface area contributed by atoms with Crippen molar-refractivity contribution >= 4 is 17.8 Å². The molecule has 0 saturated heterocycles. The van der Waals surface area contributed by atoms with Crippen molar-refractivity contribution in [2.75, 3.05) is 12.9 Å². The van der Waals surface area contributed by atoms with Gasteiger partial charge < -0.3 is 15.4 Å². The average Bonchev–Trinajstić information content (AvgIpc) is 2.60. The van der Waals surface area contributed by atoms with Crippen LogP contribution in [0, 0.1) is 5.82 Å². The van der Waals surface area contributed by atoms with Gasteiger partial charge in [-0.25, -0.2) is 14.2 Å². The summed E-state index contributed by atoms with van der Waals surface area (Å²) in [4.78, 5) is 17.3. The third-order valence-electron chi connectivity index (χ3n) is 3.80. The number of carbonyl (C=O) groups is 1. The van der Waals surface area contributed by atoms with E-state index in [2.05, 4.69) is 15.6 Å². The van der Waals surface area contributed by atoms with Gasteiger partial charge in [0.25, 0.3) is 0 Å². The normalized spacial score (nSPS) is 16.2. The number of hydrogen-bond acceptors (Lipinski definition) is 4. The van der Waals surface area contributed by atoms with E-state index in [1.807, 2.05) is 6.07 Å². The fraction of sp³-hybridized carbons (Fsp3) is 0.294. The summed E-state index contributed by atoms with van der Waals surface area (Å²) in [6, 6.07) is 7.85. The van der Waals surface area contributed by atoms with Crippen molar-refractivity contribution in [2.45, 2.75) is 23.9 Å². The molecule has 2 N–H and O–H groups in total. The highest BCUT2D eigenvalue weighted by molar-refractivity contribution is 7.99. The second-order valence-corrected chi connectivity index (χ2v) is 6.51. The molecule has 5 nitrogen and oxygen atoms in total. The molecule has 1 aromatic heterocycles. The van der Waals surface area contributed by atoms with Crippen LogP contribution in [0.15, 0.2) is 41.4 Å². The minimum atomic E-state index is -0.298. The molecule has 0 spiro atoms. The highest BCUT2D eigenvalue weighted by atomic mass is 32.2. The van der Waals surface area contributed by atoms with Crippen LogP contribution in [-0.4, -0.2) is 23.9 Å². The van der Waals surface area contributed by atoms with E-state index >= 15 is 0 Å². The molecule has 2 aromatic rings. The van der Waals surface area contributed by atoms with Crippen molar-refractivity contribution < 1.29 is 13.9 Å². The summed E-state index contributed by atoms with van der Waals surface area (Å²) in [5, 5.41) is 5.71. The maximum atomic E-state index is 13.5. The number of rotatable bonds is 4. The van der Waals surface area contributed by atoms with Crippen molar-refractivity contribution in [3.63, 3.8) is 0 Å². The SMILES string of the molecule is COc1ncccc1CNC(=O)NC1CCSc2ccc(F)cc21. The molecule has 2 amide bonds. The van der Waals surface area contributed by atoms with Gasteiger partial charge in [-0.05, 0) is 36.2 Å². The summed E-state index contributed by atoms with van der Waals surface area (Å²) in [5.74, 6) is 1.09. The van der Waals surface area contributed by atoms with Crippen LogP contribution in [0.4, 0.5) is 9.18 Å². The standard InChI is InChI=1S/C17H18FN3O2S/c1-23-16-11(3-2-7-19-16)10-20-17(22)21-14-6-8-24-15-5-4-12(18)9-13(14)15/h2-5,7,9,14H,6,8,10H2,1H3,(H2,20,21,22). The van der Waals surface area contributed by atoms with E-state index in [4.69, 9.17) is 4.74 Å². The van der Waals surface area contributed by atoms with Crippen molar-refractivity contribution in [3.8, 4) is 5.88 Å². The fourth-order valence-electron chi connectivity index (χ4n) is 2.64. The Hall–Kier alpha value is -2.28. The van der Waals surface area contributed by atoms with Crippen LogP contribution in [0.3, 0.4) is 0 Å². The number of urea groups is 1. The largest absolute Gasteiger partial charge is 0.481 e. The van der Waals surface area contributed by atoms with Crippen molar-refractivity contribution in [1.29, 1.82) is 0 Å². The Bertz CT molecular complexity index is 742. The molecule has 0 radical (unpaired) electrons. The maximum absolute atomic E-state index is 13.5. The molecule has 1 unspecified atom stereocenters. The van der Waals surface area contributed by atoms with Gasteiger partial charge in [0.05, 0.1) is 13.2 Å². The second kappa shape index (κ2) is 7.53. The highest BCUT2D eigenvalue weighted by Gasteiger charge is 2.22. The van der Waals surface area contributed by atoms with Gasteiger partial charge in [0.15, 0.2) is 0 Å². The first-order chi connectivity index (χ1) is 11.7. The van der Waals surface area contributed by atoms with E-state index in [0.717, 1.165) is 28.2 Å². The number of aromatic nitrogens is 1. The minimum absolute atomic E-state index is 0.187. The number of ether oxygens (including phenoxy) is 1. The maximum Gasteiger partial charge on any atom is 0.315 e. The molecule has 3 rings (SSSR count). The van der Waals surface area contributed by atoms with Crippen LogP contribution in [0.2, 0.25) is 0 Å². The molecule has 24 heavy (non-hydrogen) atoms. The molecule has 0 fully saturated rings. The molecule has 1 aliphatic heterocycles. The summed E-state index contributed by atoms with van der Waals surface area (Å²) >= 11 is 1.68. The summed E-state index contributed by atoms with van der Waals surface area (Å²) < 4.78 is 18.7. The first-order valence-electron chi connectivity index (χ1n) is 7.62. The van der Waals surface area contributed by atoms with E-state index in [9.17, 15) is 9.18 Å². The molecule has 2 heterocycles. The van der Waals surface area contributed by atoms with Gasteiger partial charge in [-0.1, -0.05) is 6.07 Å². The summed E-state index contributed by atoms with van der Waals surface area (Å²) in [6.07, 6.45) is 2.40. The lowest BCUT2D eigenvalue weighted by molar-refractivity contribution is 0.236. The Kier molecular flexibility index (Phi) is 5.20. The molecule has 1 aromatic carbocycles. The number of fused-ring (bicyclic) bond motifs is 1. The van der Waals surface area contributed by atoms with Gasteiger partial charge in [0.2, 0.25) is 5.88 Å². The minimum Gasteiger partial charge on any atom is -0.481 e. The summed E-state index contributed by atoms with van der Waals surface area (Å²) in [7, 11) is 1.54. The van der Waals surface area contributed by atoms with Crippen molar-refractivity contribution in [2.24, 2.45) is 0 Å². The first-order valence-corrected chi connectivity index (χ1v) is 8.60. The van der Waals surface area contributed by atoms with Crippen LogP contribution in [0.5, 0.6) is 5.88 Å². The van der Waals surface area contributed by atoms with Gasteiger partial charge in [-0.15, -0.1) is 11.8 Å². The van der Waals surface area contributed by atoms with Gasteiger partial charge in [-0.2, -0.15) is 0 Å². The average molecular weight is 347 g/mol. The molecule has 1 aliphatic rings. The Balaban J connectivity index is 1.63. The number of benzene rings is 1. The van der Waals surface area contributed by atoms with E-state index in [1.54, 1.807) is 30.1 Å². The monoisotopic (exact) mass is 347 g/mol. The molecule has 0 saturated carbocycles. The molecular formula is C17H18FN3O2S. The van der Waals surface area contributed by atoms with Crippen LogP contribution in [0.1, 0.15) is 23.6 Å². The van der Waals surface area contributed by atoms with Crippen LogP contribution in [0.25, 0.3) is 0 Å². The predicted octanol–water partition coefficient (Wildman–Crippen LogP) is 3.27. The highest BCUT2D eigenvalue weighted by Crippen LogP contribution is 2.36. The Morgan fingerprint density at radius 3 is 3.17 bits per heavy atom. The molecule has 7 heteroatoms. The number of halogens is 1. The number of amides is 2. The number of pyridine rings is 1. The molecule has 0 bridgehead atoms. The number of carbonyl (C=O) groups excluding carboxylic acids is 1. The van der Waals surface area contributed by atoms with Gasteiger partial charge in [0.1, 0.15) is 5.82 Å². The Labute approximate surface area is 144 Å². The van der Waals surface area contributed by atoms with Crippen molar-refractivity contribution in [1.82, 2.24) is 15.6 Å². The molecular weight excluding hydrogens is 329 g/mol. The van der Waals surface area contributed by atoms with E-state index < -0.39 is 0 Å². The number of nitrogens with zero attached hydrogens (tertiary/aromatic N) is 1. The lowest BCUT2D eigenvalue weighted by Gasteiger charge is -2.26. The van der Waals surface area contributed by atoms with Crippen LogP contribution < -0.4 is 15.4 Å². The summed E-state index contributed by atoms with van der Waals surface area (Å²) in [6.45, 7) is 0.306. The third-order valence-corrected chi connectivity index (χ3v) is 4.92. The molecule has 0 aliphatic carbocycles. The number of methoxy groups -OCH3 is 1. The zero-order valence-electron chi connectivity index (χ0n) is 13.2. The second-order valence-electron chi connectivity index (χ2n) is 5.37.